The van der Waals surface area contributed by atoms with E-state index in [4.69, 9.17) is 4.74 Å². The first-order valence-electron chi connectivity index (χ1n) is 4.66. The van der Waals surface area contributed by atoms with Crippen LogP contribution in [0, 0.1) is 5.82 Å². The Balaban J connectivity index is 2.57. The number of benzene rings is 1. The van der Waals surface area contributed by atoms with Gasteiger partial charge in [-0.25, -0.2) is 9.18 Å². The molecule has 2 rings (SSSR count). The van der Waals surface area contributed by atoms with E-state index in [1.54, 1.807) is 25.3 Å². The van der Waals surface area contributed by atoms with Gasteiger partial charge in [0.25, 0.3) is 0 Å². The molecule has 1 heterocycles. The number of ether oxygens (including phenoxy) is 1. The fourth-order valence-electron chi connectivity index (χ4n) is 1.51. The third-order valence-electron chi connectivity index (χ3n) is 2.15. The first-order chi connectivity index (χ1) is 7.24. The van der Waals surface area contributed by atoms with E-state index in [1.165, 1.54) is 6.07 Å². The van der Waals surface area contributed by atoms with Gasteiger partial charge in [0.05, 0.1) is 6.61 Å². The molecule has 15 heavy (non-hydrogen) atoms. The summed E-state index contributed by atoms with van der Waals surface area (Å²) in [6, 6.07) is 4.65. The van der Waals surface area contributed by atoms with Crippen molar-refractivity contribution in [3.05, 3.63) is 35.9 Å². The molecule has 0 bridgehead atoms. The van der Waals surface area contributed by atoms with E-state index in [2.05, 4.69) is 4.98 Å². The van der Waals surface area contributed by atoms with Gasteiger partial charge in [-0.15, -0.1) is 0 Å². The number of hydrogen-bond acceptors (Lipinski definition) is 2. The maximum atomic E-state index is 13.5. The number of aromatic nitrogens is 1. The molecule has 2 aromatic rings. The van der Waals surface area contributed by atoms with Gasteiger partial charge in [-0.05, 0) is 13.0 Å². The average Bonchev–Trinajstić information content (AvgIpc) is 2.63. The van der Waals surface area contributed by atoms with E-state index in [1.807, 2.05) is 0 Å². The van der Waals surface area contributed by atoms with E-state index >= 15 is 0 Å². The standard InChI is InChI=1S/C11H10FNO2/c1-2-15-11(14)10-9-7(6-13-10)4-3-5-8(9)12/h3-6,13H,2H2,1H3. The smallest absolute Gasteiger partial charge is 0.355 e. The molecular weight excluding hydrogens is 197 g/mol. The Kier molecular flexibility index (Phi) is 2.41. The van der Waals surface area contributed by atoms with Crippen molar-refractivity contribution in [3.8, 4) is 0 Å². The number of carbonyl (C=O) groups excluding carboxylic acids is 1. The van der Waals surface area contributed by atoms with Crippen LogP contribution in [0.1, 0.15) is 17.4 Å². The van der Waals surface area contributed by atoms with Crippen LogP contribution in [0.15, 0.2) is 24.4 Å². The van der Waals surface area contributed by atoms with E-state index in [0.29, 0.717) is 5.39 Å². The van der Waals surface area contributed by atoms with Crippen molar-refractivity contribution < 1.29 is 13.9 Å². The van der Waals surface area contributed by atoms with E-state index in [0.717, 1.165) is 0 Å². The fourth-order valence-corrected chi connectivity index (χ4v) is 1.51. The van der Waals surface area contributed by atoms with Crippen LogP contribution < -0.4 is 0 Å². The van der Waals surface area contributed by atoms with Crippen molar-refractivity contribution in [2.75, 3.05) is 6.61 Å². The third-order valence-corrected chi connectivity index (χ3v) is 2.15. The number of aromatic amines is 1. The number of fused-ring (bicyclic) bond motifs is 1. The number of halogens is 1. The monoisotopic (exact) mass is 207 g/mol. The molecule has 0 atom stereocenters. The lowest BCUT2D eigenvalue weighted by Crippen LogP contribution is -2.05. The van der Waals surface area contributed by atoms with Crippen LogP contribution >= 0.6 is 0 Å². The van der Waals surface area contributed by atoms with Crippen LogP contribution in [0.3, 0.4) is 0 Å². The average molecular weight is 207 g/mol. The van der Waals surface area contributed by atoms with Gasteiger partial charge in [-0.2, -0.15) is 0 Å². The number of carbonyl (C=O) groups is 1. The second kappa shape index (κ2) is 3.73. The van der Waals surface area contributed by atoms with E-state index < -0.39 is 11.8 Å². The van der Waals surface area contributed by atoms with Crippen LogP contribution in [0.4, 0.5) is 4.39 Å². The van der Waals surface area contributed by atoms with Gasteiger partial charge in [0.15, 0.2) is 0 Å². The first kappa shape index (κ1) is 9.71. The summed E-state index contributed by atoms with van der Waals surface area (Å²) in [7, 11) is 0. The van der Waals surface area contributed by atoms with Crippen LogP contribution in [0.2, 0.25) is 0 Å². The summed E-state index contributed by atoms with van der Waals surface area (Å²) >= 11 is 0. The van der Waals surface area contributed by atoms with Gasteiger partial charge < -0.3 is 9.72 Å². The highest BCUT2D eigenvalue weighted by Crippen LogP contribution is 2.21. The molecule has 1 aromatic heterocycles. The lowest BCUT2D eigenvalue weighted by Gasteiger charge is -2.00. The molecule has 78 valence electrons. The van der Waals surface area contributed by atoms with Crippen LogP contribution in [0.5, 0.6) is 0 Å². The molecule has 1 aromatic carbocycles. The van der Waals surface area contributed by atoms with Gasteiger partial charge in [0.1, 0.15) is 11.5 Å². The van der Waals surface area contributed by atoms with Crippen LogP contribution in [-0.2, 0) is 4.74 Å². The molecular formula is C11H10FNO2. The molecule has 0 aliphatic heterocycles. The minimum atomic E-state index is -0.530. The Morgan fingerprint density at radius 3 is 3.07 bits per heavy atom. The summed E-state index contributed by atoms with van der Waals surface area (Å²) in [5, 5.41) is 0.953. The zero-order valence-electron chi connectivity index (χ0n) is 8.21. The molecule has 0 radical (unpaired) electrons. The molecule has 0 aliphatic rings. The Morgan fingerprint density at radius 1 is 1.53 bits per heavy atom. The first-order valence-corrected chi connectivity index (χ1v) is 4.66. The van der Waals surface area contributed by atoms with Gasteiger partial charge in [0, 0.05) is 17.0 Å². The van der Waals surface area contributed by atoms with Crippen molar-refractivity contribution in [2.45, 2.75) is 6.92 Å². The summed E-state index contributed by atoms with van der Waals surface area (Å²) in [6.07, 6.45) is 1.59. The largest absolute Gasteiger partial charge is 0.461 e. The molecule has 4 heteroatoms. The summed E-state index contributed by atoms with van der Waals surface area (Å²) in [6.45, 7) is 1.98. The third kappa shape index (κ3) is 1.58. The fraction of sp³-hybridized carbons (Fsp3) is 0.182. The van der Waals surface area contributed by atoms with Crippen LogP contribution in [-0.4, -0.2) is 17.6 Å². The lowest BCUT2D eigenvalue weighted by atomic mass is 10.2. The van der Waals surface area contributed by atoms with Crippen LogP contribution in [0.25, 0.3) is 10.8 Å². The molecule has 0 spiro atoms. The Hall–Kier alpha value is -1.84. The second-order valence-corrected chi connectivity index (χ2v) is 3.09. The minimum Gasteiger partial charge on any atom is -0.461 e. The molecule has 0 saturated heterocycles. The predicted molar refractivity (Wildman–Crippen MR) is 54.2 cm³/mol. The molecule has 0 unspecified atom stereocenters. The van der Waals surface area contributed by atoms with Crippen molar-refractivity contribution in [2.24, 2.45) is 0 Å². The highest BCUT2D eigenvalue weighted by Gasteiger charge is 2.15. The molecule has 0 fully saturated rings. The Morgan fingerprint density at radius 2 is 2.33 bits per heavy atom. The van der Waals surface area contributed by atoms with Crippen molar-refractivity contribution in [1.29, 1.82) is 0 Å². The number of hydrogen-bond donors (Lipinski definition) is 1. The van der Waals surface area contributed by atoms with E-state index in [-0.39, 0.29) is 17.7 Å². The highest BCUT2D eigenvalue weighted by atomic mass is 19.1. The Bertz CT molecular complexity index is 504. The quantitative estimate of drug-likeness (QED) is 0.768. The molecule has 3 nitrogen and oxygen atoms in total. The van der Waals surface area contributed by atoms with Gasteiger partial charge in [-0.1, -0.05) is 12.1 Å². The minimum absolute atomic E-state index is 0.171. The van der Waals surface area contributed by atoms with Gasteiger partial charge in [-0.3, -0.25) is 0 Å². The summed E-state index contributed by atoms with van der Waals surface area (Å²) in [5.74, 6) is -0.950. The zero-order valence-corrected chi connectivity index (χ0v) is 8.21. The number of esters is 1. The molecule has 0 aliphatic carbocycles. The normalized spacial score (nSPS) is 10.5. The number of H-pyrrole nitrogens is 1. The lowest BCUT2D eigenvalue weighted by molar-refractivity contribution is 0.0522. The summed E-state index contributed by atoms with van der Waals surface area (Å²) < 4.78 is 18.3. The summed E-state index contributed by atoms with van der Waals surface area (Å²) in [4.78, 5) is 14.2. The highest BCUT2D eigenvalue weighted by molar-refractivity contribution is 6.03. The predicted octanol–water partition coefficient (Wildman–Crippen LogP) is 2.48. The maximum absolute atomic E-state index is 13.5. The summed E-state index contributed by atoms with van der Waals surface area (Å²) in [5.41, 5.74) is 0.171. The van der Waals surface area contributed by atoms with E-state index in [9.17, 15) is 9.18 Å². The second-order valence-electron chi connectivity index (χ2n) is 3.09. The number of nitrogens with one attached hydrogen (secondary N) is 1. The van der Waals surface area contributed by atoms with Crippen molar-refractivity contribution in [3.63, 3.8) is 0 Å². The molecule has 0 saturated carbocycles. The van der Waals surface area contributed by atoms with Gasteiger partial charge in [0.2, 0.25) is 0 Å². The van der Waals surface area contributed by atoms with Gasteiger partial charge >= 0.3 is 5.97 Å². The topological polar surface area (TPSA) is 42.1 Å². The van der Waals surface area contributed by atoms with Crippen molar-refractivity contribution >= 4 is 16.7 Å². The Labute approximate surface area is 85.9 Å². The SMILES string of the molecule is CCOC(=O)c1[nH]cc2cccc(F)c12. The maximum Gasteiger partial charge on any atom is 0.355 e. The zero-order chi connectivity index (χ0) is 10.8. The van der Waals surface area contributed by atoms with Crippen molar-refractivity contribution in [1.82, 2.24) is 4.98 Å². The molecule has 0 amide bonds. The molecule has 1 N–H and O–H groups in total. The number of rotatable bonds is 2.